The third-order valence-corrected chi connectivity index (χ3v) is 3.48. The third-order valence-electron chi connectivity index (χ3n) is 3.48. The van der Waals surface area contributed by atoms with Crippen LogP contribution < -0.4 is 5.32 Å². The van der Waals surface area contributed by atoms with E-state index in [1.165, 1.54) is 0 Å². The molecular weight excluding hydrogens is 294 g/mol. The van der Waals surface area contributed by atoms with E-state index in [4.69, 9.17) is 5.11 Å². The number of ether oxygens (including phenoxy) is 1. The number of nitrogens with zero attached hydrogens (tertiary/aromatic N) is 2. The predicted octanol–water partition coefficient (Wildman–Crippen LogP) is 1.94. The lowest BCUT2D eigenvalue weighted by molar-refractivity contribution is -0.138. The summed E-state index contributed by atoms with van der Waals surface area (Å²) in [5.74, 6) is 1.62. The summed E-state index contributed by atoms with van der Waals surface area (Å²) in [6.45, 7) is 12.6. The number of piperidine rings is 1. The monoisotopic (exact) mass is 323 g/mol. The van der Waals surface area contributed by atoms with Gasteiger partial charge in [0.25, 0.3) is 6.47 Å². The molecule has 0 radical (unpaired) electrons. The predicted molar refractivity (Wildman–Crippen MR) is 91.2 cm³/mol. The molecule has 0 aromatic carbocycles. The van der Waals surface area contributed by atoms with E-state index >= 15 is 0 Å². The number of hydrogen-bond acceptors (Lipinski definition) is 5. The molecule has 130 valence electrons. The summed E-state index contributed by atoms with van der Waals surface area (Å²) in [4.78, 5) is 14.2. The minimum atomic E-state index is -0.318. The van der Waals surface area contributed by atoms with Gasteiger partial charge < -0.3 is 19.7 Å². The second-order valence-corrected chi connectivity index (χ2v) is 6.50. The second kappa shape index (κ2) is 9.47. The van der Waals surface area contributed by atoms with E-state index < -0.39 is 0 Å². The van der Waals surface area contributed by atoms with Crippen LogP contribution in [0.3, 0.4) is 0 Å². The van der Waals surface area contributed by atoms with Gasteiger partial charge in [-0.3, -0.25) is 4.79 Å². The van der Waals surface area contributed by atoms with Crippen LogP contribution >= 0.6 is 0 Å². The zero-order chi connectivity index (χ0) is 17.3. The molecule has 1 aliphatic heterocycles. The molecule has 1 saturated heterocycles. The maximum Gasteiger partial charge on any atom is 0.293 e. The molecule has 2 N–H and O–H groups in total. The zero-order valence-corrected chi connectivity index (χ0v) is 14.4. The molecule has 0 spiro atoms. The number of aliphatic hydroxyl groups is 1. The van der Waals surface area contributed by atoms with E-state index in [-0.39, 0.29) is 12.2 Å². The number of aromatic nitrogens is 2. The first-order valence-corrected chi connectivity index (χ1v) is 8.03. The first-order chi connectivity index (χ1) is 10.9. The first-order valence-electron chi connectivity index (χ1n) is 8.03. The van der Waals surface area contributed by atoms with Gasteiger partial charge in [-0.1, -0.05) is 6.58 Å². The van der Waals surface area contributed by atoms with E-state index in [2.05, 4.69) is 26.2 Å². The average Bonchev–Trinajstić information content (AvgIpc) is 2.91. The van der Waals surface area contributed by atoms with Gasteiger partial charge in [0.1, 0.15) is 11.4 Å². The van der Waals surface area contributed by atoms with Crippen LogP contribution in [0, 0.1) is 0 Å². The first kappa shape index (κ1) is 19.4. The van der Waals surface area contributed by atoms with Crippen molar-refractivity contribution in [3.63, 3.8) is 0 Å². The minimum absolute atomic E-state index is 0.158. The van der Waals surface area contributed by atoms with Gasteiger partial charge in [0.15, 0.2) is 0 Å². The van der Waals surface area contributed by atoms with Crippen molar-refractivity contribution in [2.24, 2.45) is 0 Å². The topological polar surface area (TPSA) is 76.4 Å². The van der Waals surface area contributed by atoms with Gasteiger partial charge in [-0.05, 0) is 52.8 Å². The van der Waals surface area contributed by atoms with Gasteiger partial charge in [-0.25, -0.2) is 4.98 Å². The van der Waals surface area contributed by atoms with E-state index in [0.29, 0.717) is 18.9 Å². The fourth-order valence-electron chi connectivity index (χ4n) is 2.39. The van der Waals surface area contributed by atoms with E-state index in [0.717, 1.165) is 37.4 Å². The zero-order valence-electron chi connectivity index (χ0n) is 14.4. The number of carbonyl (C=O) groups excluding carboxylic acids is 1. The van der Waals surface area contributed by atoms with Crippen LogP contribution in [-0.4, -0.2) is 46.4 Å². The number of carbonyl (C=O) groups is 1. The Morgan fingerprint density at radius 3 is 2.57 bits per heavy atom. The molecule has 0 bridgehead atoms. The third kappa shape index (κ3) is 6.97. The second-order valence-electron chi connectivity index (χ2n) is 6.50. The fraction of sp³-hybridized carbons (Fsp3) is 0.647. The fourth-order valence-corrected chi connectivity index (χ4v) is 2.39. The Morgan fingerprint density at radius 2 is 2.13 bits per heavy atom. The maximum atomic E-state index is 9.60. The Kier molecular flexibility index (Phi) is 7.98. The maximum absolute atomic E-state index is 9.60. The Bertz CT molecular complexity index is 486. The lowest BCUT2D eigenvalue weighted by Crippen LogP contribution is -2.28. The largest absolute Gasteiger partial charge is 0.462 e. The molecule has 1 fully saturated rings. The van der Waals surface area contributed by atoms with Crippen molar-refractivity contribution in [2.45, 2.75) is 51.7 Å². The lowest BCUT2D eigenvalue weighted by Gasteiger charge is -2.22. The van der Waals surface area contributed by atoms with Gasteiger partial charge in [0.2, 0.25) is 0 Å². The van der Waals surface area contributed by atoms with Crippen molar-refractivity contribution < 1.29 is 14.6 Å². The van der Waals surface area contributed by atoms with Crippen LogP contribution in [-0.2, 0) is 16.1 Å². The summed E-state index contributed by atoms with van der Waals surface area (Å²) in [6, 6.07) is 0. The van der Waals surface area contributed by atoms with Crippen molar-refractivity contribution in [1.29, 1.82) is 0 Å². The molecule has 0 atom stereocenters. The van der Waals surface area contributed by atoms with Crippen molar-refractivity contribution in [1.82, 2.24) is 14.9 Å². The van der Waals surface area contributed by atoms with Crippen LogP contribution in [0.15, 0.2) is 12.8 Å². The molecule has 0 saturated carbocycles. The normalized spacial score (nSPS) is 15.5. The number of rotatable bonds is 5. The molecule has 1 aromatic rings. The quantitative estimate of drug-likeness (QED) is 0.810. The van der Waals surface area contributed by atoms with Crippen LogP contribution in [0.25, 0.3) is 6.08 Å². The summed E-state index contributed by atoms with van der Waals surface area (Å²) in [5, 5.41) is 12.4. The molecule has 1 aromatic heterocycles. The van der Waals surface area contributed by atoms with Crippen LogP contribution in [0.1, 0.15) is 51.0 Å². The SMILES string of the molecule is C=Cc1cn(CCO)c(C2CCNCC2)n1.CC(C)(C)OC=O. The van der Waals surface area contributed by atoms with Crippen molar-refractivity contribution >= 4 is 12.5 Å². The van der Waals surface area contributed by atoms with Crippen molar-refractivity contribution in [3.05, 3.63) is 24.3 Å². The molecule has 0 unspecified atom stereocenters. The summed E-state index contributed by atoms with van der Waals surface area (Å²) in [6.07, 6.45) is 5.98. The van der Waals surface area contributed by atoms with E-state index in [1.807, 2.05) is 27.0 Å². The number of imidazole rings is 1. The highest BCUT2D eigenvalue weighted by molar-refractivity contribution is 5.40. The summed E-state index contributed by atoms with van der Waals surface area (Å²) in [5.41, 5.74) is 0.587. The van der Waals surface area contributed by atoms with Crippen LogP contribution in [0.5, 0.6) is 0 Å². The van der Waals surface area contributed by atoms with Gasteiger partial charge in [0.05, 0.1) is 12.3 Å². The Balaban J connectivity index is 0.000000322. The van der Waals surface area contributed by atoms with E-state index in [1.54, 1.807) is 6.08 Å². The minimum Gasteiger partial charge on any atom is -0.462 e. The lowest BCUT2D eigenvalue weighted by atomic mass is 9.97. The van der Waals surface area contributed by atoms with Gasteiger partial charge in [-0.2, -0.15) is 0 Å². The highest BCUT2D eigenvalue weighted by atomic mass is 16.5. The Hall–Kier alpha value is -1.66. The standard InChI is InChI=1S/C12H19N3O.C5H10O2/c1-2-11-9-15(7-8-16)12(14-11)10-3-5-13-6-4-10;1-5(2,3)7-4-6/h2,9-10,13,16H,1,3-8H2;4H,1-3H3. The van der Waals surface area contributed by atoms with Crippen LogP contribution in [0.2, 0.25) is 0 Å². The summed E-state index contributed by atoms with van der Waals surface area (Å²) >= 11 is 0. The Labute approximate surface area is 138 Å². The summed E-state index contributed by atoms with van der Waals surface area (Å²) < 4.78 is 6.61. The Morgan fingerprint density at radius 1 is 1.48 bits per heavy atom. The molecule has 0 amide bonds. The molecule has 23 heavy (non-hydrogen) atoms. The molecule has 0 aliphatic carbocycles. The molecule has 6 heteroatoms. The molecule has 2 heterocycles. The van der Waals surface area contributed by atoms with Gasteiger partial charge in [0, 0.05) is 18.7 Å². The molecule has 6 nitrogen and oxygen atoms in total. The highest BCUT2D eigenvalue weighted by Gasteiger charge is 2.20. The van der Waals surface area contributed by atoms with Crippen molar-refractivity contribution in [3.8, 4) is 0 Å². The smallest absolute Gasteiger partial charge is 0.293 e. The number of hydrogen-bond donors (Lipinski definition) is 2. The molecular formula is C17H29N3O3. The molecule has 2 rings (SSSR count). The van der Waals surface area contributed by atoms with Crippen molar-refractivity contribution in [2.75, 3.05) is 19.7 Å². The summed E-state index contributed by atoms with van der Waals surface area (Å²) in [7, 11) is 0. The number of nitrogens with one attached hydrogen (secondary N) is 1. The van der Waals surface area contributed by atoms with Gasteiger partial charge in [-0.15, -0.1) is 0 Å². The van der Waals surface area contributed by atoms with E-state index in [9.17, 15) is 4.79 Å². The van der Waals surface area contributed by atoms with Crippen LogP contribution in [0.4, 0.5) is 0 Å². The number of aliphatic hydroxyl groups excluding tert-OH is 1. The average molecular weight is 323 g/mol. The highest BCUT2D eigenvalue weighted by Crippen LogP contribution is 2.24. The van der Waals surface area contributed by atoms with Gasteiger partial charge >= 0.3 is 0 Å². The molecule has 1 aliphatic rings.